The van der Waals surface area contributed by atoms with Gasteiger partial charge in [-0.3, -0.25) is 28.4 Å². The van der Waals surface area contributed by atoms with Crippen molar-refractivity contribution in [1.82, 2.24) is 9.47 Å². The van der Waals surface area contributed by atoms with Crippen molar-refractivity contribution < 1.29 is 32.1 Å². The van der Waals surface area contributed by atoms with Gasteiger partial charge in [0.1, 0.15) is 5.78 Å². The highest BCUT2D eigenvalue weighted by atomic mass is 32.2. The molecule has 4 rings (SSSR count). The number of ether oxygens (including phenoxy) is 1. The Morgan fingerprint density at radius 2 is 1.90 bits per heavy atom. The zero-order chi connectivity index (χ0) is 22.9. The van der Waals surface area contributed by atoms with Crippen LogP contribution in [0.15, 0.2) is 24.3 Å². The minimum atomic E-state index is -3.67. The van der Waals surface area contributed by atoms with E-state index in [0.717, 1.165) is 35.1 Å². The average molecular weight is 451 g/mol. The van der Waals surface area contributed by atoms with E-state index in [4.69, 9.17) is 9.29 Å². The number of para-hydroxylation sites is 1. The summed E-state index contributed by atoms with van der Waals surface area (Å²) in [7, 11) is -2.30. The van der Waals surface area contributed by atoms with Crippen LogP contribution in [0.1, 0.15) is 41.9 Å². The zero-order valence-corrected chi connectivity index (χ0v) is 18.5. The van der Waals surface area contributed by atoms with Crippen LogP contribution in [0, 0.1) is 5.92 Å². The highest BCUT2D eigenvalue weighted by Crippen LogP contribution is 2.45. The standard InChI is InChI=1S/C20H22N2O4.CH4O3S/c1-12(23)7-9-21-10-8-14-13-5-3-4-6-16(13)22-17(24)11-15(20(25)26-2)18(21)19(14)22;1-5(2,3)4/h3-6,15,18H,7-11H2,1-2H3;1H3,(H,2,3,4)/t15-,18+;/m0./s1. The third kappa shape index (κ3) is 4.86. The van der Waals surface area contributed by atoms with Gasteiger partial charge in [0.05, 0.1) is 30.8 Å². The van der Waals surface area contributed by atoms with E-state index in [2.05, 4.69) is 4.90 Å². The van der Waals surface area contributed by atoms with Crippen LogP contribution >= 0.6 is 0 Å². The van der Waals surface area contributed by atoms with Crippen LogP contribution in [-0.2, 0) is 30.9 Å². The van der Waals surface area contributed by atoms with Gasteiger partial charge in [0.25, 0.3) is 10.1 Å². The molecule has 168 valence electrons. The lowest BCUT2D eigenvalue weighted by Crippen LogP contribution is -2.47. The second-order valence-corrected chi connectivity index (χ2v) is 9.33. The predicted molar refractivity (Wildman–Crippen MR) is 113 cm³/mol. The number of methoxy groups -OCH3 is 1. The fourth-order valence-electron chi connectivity index (χ4n) is 4.49. The maximum Gasteiger partial charge on any atom is 0.311 e. The largest absolute Gasteiger partial charge is 0.469 e. The van der Waals surface area contributed by atoms with Gasteiger partial charge in [0.15, 0.2) is 0 Å². The molecular weight excluding hydrogens is 424 g/mol. The third-order valence-corrected chi connectivity index (χ3v) is 5.62. The van der Waals surface area contributed by atoms with Gasteiger partial charge in [0, 0.05) is 37.0 Å². The van der Waals surface area contributed by atoms with E-state index in [1.807, 2.05) is 24.3 Å². The van der Waals surface area contributed by atoms with Crippen molar-refractivity contribution in [1.29, 1.82) is 0 Å². The van der Waals surface area contributed by atoms with Gasteiger partial charge in [-0.1, -0.05) is 18.2 Å². The van der Waals surface area contributed by atoms with Gasteiger partial charge in [-0.05, 0) is 25.0 Å². The van der Waals surface area contributed by atoms with Crippen LogP contribution in [-0.4, -0.2) is 66.6 Å². The van der Waals surface area contributed by atoms with Crippen molar-refractivity contribution in [2.24, 2.45) is 5.92 Å². The highest BCUT2D eigenvalue weighted by molar-refractivity contribution is 7.85. The molecule has 0 unspecified atom stereocenters. The van der Waals surface area contributed by atoms with Crippen molar-refractivity contribution in [3.8, 4) is 0 Å². The first-order chi connectivity index (χ1) is 14.5. The molecule has 9 nitrogen and oxygen atoms in total. The monoisotopic (exact) mass is 450 g/mol. The molecule has 0 radical (unpaired) electrons. The number of carbonyl (C=O) groups excluding carboxylic acids is 3. The van der Waals surface area contributed by atoms with Gasteiger partial charge < -0.3 is 4.74 Å². The average Bonchev–Trinajstić information content (AvgIpc) is 3.03. The molecule has 0 spiro atoms. The molecule has 3 heterocycles. The number of nitrogens with zero attached hydrogens (tertiary/aromatic N) is 2. The van der Waals surface area contributed by atoms with Gasteiger partial charge in [0.2, 0.25) is 5.91 Å². The van der Waals surface area contributed by atoms with E-state index in [1.165, 1.54) is 7.11 Å². The quantitative estimate of drug-likeness (QED) is 0.553. The van der Waals surface area contributed by atoms with E-state index >= 15 is 0 Å². The molecule has 1 aromatic heterocycles. The van der Waals surface area contributed by atoms with E-state index in [1.54, 1.807) is 11.5 Å². The number of benzene rings is 1. The molecule has 1 N–H and O–H groups in total. The molecule has 0 bridgehead atoms. The Morgan fingerprint density at radius 3 is 2.52 bits per heavy atom. The Kier molecular flexibility index (Phi) is 6.63. The number of fused-ring (bicyclic) bond motifs is 3. The Hall–Kier alpha value is -2.56. The molecule has 2 aromatic rings. The van der Waals surface area contributed by atoms with Crippen molar-refractivity contribution in [2.75, 3.05) is 26.5 Å². The van der Waals surface area contributed by atoms with Crippen LogP contribution in [0.2, 0.25) is 0 Å². The topological polar surface area (TPSA) is 123 Å². The summed E-state index contributed by atoms with van der Waals surface area (Å²) >= 11 is 0. The molecule has 10 heteroatoms. The summed E-state index contributed by atoms with van der Waals surface area (Å²) < 4.78 is 32.7. The van der Waals surface area contributed by atoms with Gasteiger partial charge in [-0.15, -0.1) is 0 Å². The summed E-state index contributed by atoms with van der Waals surface area (Å²) in [5, 5.41) is 1.08. The molecule has 0 aliphatic carbocycles. The molecule has 2 atom stereocenters. The van der Waals surface area contributed by atoms with E-state index in [-0.39, 0.29) is 30.1 Å². The number of hydrogen-bond acceptors (Lipinski definition) is 7. The number of ketones is 1. The van der Waals surface area contributed by atoms with E-state index in [9.17, 15) is 22.8 Å². The van der Waals surface area contributed by atoms with Crippen LogP contribution in [0.5, 0.6) is 0 Å². The van der Waals surface area contributed by atoms with Gasteiger partial charge >= 0.3 is 5.97 Å². The minimum Gasteiger partial charge on any atom is -0.469 e. The fraction of sp³-hybridized carbons (Fsp3) is 0.476. The molecule has 0 fully saturated rings. The number of carbonyl (C=O) groups is 3. The first-order valence-corrected chi connectivity index (χ1v) is 11.8. The molecule has 2 aliphatic heterocycles. The van der Waals surface area contributed by atoms with Crippen molar-refractivity contribution in [3.05, 3.63) is 35.5 Å². The summed E-state index contributed by atoms with van der Waals surface area (Å²) in [5.41, 5.74) is 2.96. The minimum absolute atomic E-state index is 0.0671. The summed E-state index contributed by atoms with van der Waals surface area (Å²) in [6.45, 7) is 2.93. The van der Waals surface area contributed by atoms with Crippen LogP contribution < -0.4 is 0 Å². The number of Topliss-reactive ketones (excluding diaryl/α,β-unsaturated/α-hetero) is 1. The lowest BCUT2D eigenvalue weighted by molar-refractivity contribution is -0.148. The van der Waals surface area contributed by atoms with Crippen molar-refractivity contribution in [2.45, 2.75) is 32.2 Å². The first kappa shape index (κ1) is 23.1. The van der Waals surface area contributed by atoms with Crippen LogP contribution in [0.4, 0.5) is 0 Å². The number of aromatic nitrogens is 1. The molecule has 0 saturated heterocycles. The number of hydrogen-bond donors (Lipinski definition) is 1. The number of esters is 1. The van der Waals surface area contributed by atoms with E-state index < -0.39 is 16.0 Å². The van der Waals surface area contributed by atoms with Gasteiger partial charge in [-0.25, -0.2) is 0 Å². The lowest BCUT2D eigenvalue weighted by Gasteiger charge is -2.42. The fourth-order valence-corrected chi connectivity index (χ4v) is 4.49. The molecule has 0 saturated carbocycles. The Balaban J connectivity index is 0.000000491. The Bertz CT molecular complexity index is 1130. The number of rotatable bonds is 4. The zero-order valence-electron chi connectivity index (χ0n) is 17.7. The maximum absolute atomic E-state index is 12.9. The SMILES string of the molecule is COC(=O)[C@H]1CC(=O)n2c3c(c4ccccc42)CCN(CCC(C)=O)[C@@H]31.CS(=O)(=O)O. The molecule has 1 aromatic carbocycles. The summed E-state index contributed by atoms with van der Waals surface area (Å²) in [6, 6.07) is 7.68. The maximum atomic E-state index is 12.9. The summed E-state index contributed by atoms with van der Waals surface area (Å²) in [6.07, 6.45) is 2.08. The normalized spacial score (nSPS) is 20.6. The molecule has 31 heavy (non-hydrogen) atoms. The van der Waals surface area contributed by atoms with E-state index in [0.29, 0.717) is 19.2 Å². The smallest absolute Gasteiger partial charge is 0.311 e. The van der Waals surface area contributed by atoms with Crippen molar-refractivity contribution >= 4 is 38.7 Å². The second-order valence-electron chi connectivity index (χ2n) is 7.86. The van der Waals surface area contributed by atoms with Crippen molar-refractivity contribution in [3.63, 3.8) is 0 Å². The van der Waals surface area contributed by atoms with Crippen LogP contribution in [0.3, 0.4) is 0 Å². The lowest BCUT2D eigenvalue weighted by atomic mass is 9.83. The molecule has 0 amide bonds. The molecular formula is C21H26N2O7S. The Morgan fingerprint density at radius 1 is 1.26 bits per heavy atom. The third-order valence-electron chi connectivity index (χ3n) is 5.62. The summed E-state index contributed by atoms with van der Waals surface area (Å²) in [5.74, 6) is -0.837. The Labute approximate surface area is 180 Å². The molecule has 2 aliphatic rings. The van der Waals surface area contributed by atoms with Gasteiger partial charge in [-0.2, -0.15) is 8.42 Å². The predicted octanol–water partition coefficient (Wildman–Crippen LogP) is 1.86. The first-order valence-electron chi connectivity index (χ1n) is 9.92. The highest BCUT2D eigenvalue weighted by Gasteiger charge is 2.46. The van der Waals surface area contributed by atoms with Crippen LogP contribution in [0.25, 0.3) is 10.9 Å². The second kappa shape index (κ2) is 8.89. The summed E-state index contributed by atoms with van der Waals surface area (Å²) in [4.78, 5) is 39.0.